The van der Waals surface area contributed by atoms with E-state index in [0.717, 1.165) is 76.9 Å². The van der Waals surface area contributed by atoms with Crippen molar-refractivity contribution in [3.8, 4) is 55.6 Å². The molecule has 0 amide bonds. The topological polar surface area (TPSA) is 13.1 Å². The molecule has 0 aliphatic heterocycles. The van der Waals surface area contributed by atoms with Gasteiger partial charge < -0.3 is 4.42 Å². The van der Waals surface area contributed by atoms with Crippen LogP contribution in [0.5, 0.6) is 0 Å². The van der Waals surface area contributed by atoms with Gasteiger partial charge in [-0.15, -0.1) is 0 Å². The molecule has 55 heavy (non-hydrogen) atoms. The summed E-state index contributed by atoms with van der Waals surface area (Å²) in [5, 5.41) is 5.93. The lowest BCUT2D eigenvalue weighted by Gasteiger charge is -2.23. The van der Waals surface area contributed by atoms with E-state index in [4.69, 9.17) is 7.16 Å². The Morgan fingerprint density at radius 2 is 0.782 bits per heavy atom. The Morgan fingerprint density at radius 3 is 1.44 bits per heavy atom. The van der Waals surface area contributed by atoms with Crippen molar-refractivity contribution in [2.75, 3.05) is 0 Å². The van der Waals surface area contributed by atoms with Gasteiger partial charge in [0.1, 0.15) is 11.2 Å². The smallest absolute Gasteiger partial charge is 0.135 e. The Labute approximate surface area is 327 Å². The van der Waals surface area contributed by atoms with E-state index in [1.165, 1.54) is 0 Å². The van der Waals surface area contributed by atoms with Crippen LogP contribution in [-0.4, -0.2) is 0 Å². The first-order valence-corrected chi connectivity index (χ1v) is 18.4. The molecule has 1 aromatic heterocycles. The summed E-state index contributed by atoms with van der Waals surface area (Å²) in [4.78, 5) is 0. The predicted octanol–water partition coefficient (Wildman–Crippen LogP) is 15.4. The molecule has 11 rings (SSSR count). The van der Waals surface area contributed by atoms with Gasteiger partial charge >= 0.3 is 0 Å². The van der Waals surface area contributed by atoms with Gasteiger partial charge in [-0.1, -0.05) is 188 Å². The fourth-order valence-corrected chi connectivity index (χ4v) is 8.43. The first-order valence-electron chi connectivity index (χ1n) is 21.4. The lowest BCUT2D eigenvalue weighted by Crippen LogP contribution is -1.96. The highest BCUT2D eigenvalue weighted by Crippen LogP contribution is 2.50. The predicted molar refractivity (Wildman–Crippen MR) is 233 cm³/mol. The van der Waals surface area contributed by atoms with E-state index in [1.54, 1.807) is 0 Å². The molecular weight excluding hydrogens is 665 g/mol. The summed E-state index contributed by atoms with van der Waals surface area (Å²) in [5.41, 5.74) is 9.68. The molecule has 0 spiro atoms. The van der Waals surface area contributed by atoms with E-state index in [9.17, 15) is 5.48 Å². The van der Waals surface area contributed by atoms with E-state index < -0.39 is 0 Å². The maximum absolute atomic E-state index is 9.82. The zero-order valence-electron chi connectivity index (χ0n) is 35.6. The Balaban J connectivity index is 1.30. The minimum absolute atomic E-state index is 0.102. The van der Waals surface area contributed by atoms with Crippen molar-refractivity contribution in [2.45, 2.75) is 0 Å². The molecule has 1 heterocycles. The Kier molecular flexibility index (Phi) is 5.95. The second kappa shape index (κ2) is 12.7. The Hall–Kier alpha value is -7.22. The molecule has 0 saturated carbocycles. The van der Waals surface area contributed by atoms with Crippen LogP contribution in [0.25, 0.3) is 110 Å². The van der Waals surface area contributed by atoms with Gasteiger partial charge in [-0.05, 0) is 106 Å². The average Bonchev–Trinajstić information content (AvgIpc) is 3.68. The van der Waals surface area contributed by atoms with Gasteiger partial charge in [0, 0.05) is 10.8 Å². The minimum atomic E-state index is -0.385. The lowest BCUT2D eigenvalue weighted by atomic mass is 9.80. The highest BCUT2D eigenvalue weighted by molar-refractivity contribution is 6.26. The lowest BCUT2D eigenvalue weighted by molar-refractivity contribution is 0.669. The molecule has 1 nitrogen and oxygen atoms in total. The van der Waals surface area contributed by atoms with Gasteiger partial charge in [0.05, 0.1) is 8.22 Å². The largest absolute Gasteiger partial charge is 0.456 e. The number of furan rings is 1. The van der Waals surface area contributed by atoms with Crippen LogP contribution in [0.3, 0.4) is 0 Å². The van der Waals surface area contributed by atoms with Crippen LogP contribution in [0.1, 0.15) is 8.22 Å². The van der Waals surface area contributed by atoms with Crippen LogP contribution in [0.15, 0.2) is 211 Å². The van der Waals surface area contributed by atoms with Crippen molar-refractivity contribution in [1.29, 1.82) is 0 Å². The van der Waals surface area contributed by atoms with Crippen LogP contribution >= 0.6 is 0 Å². The first kappa shape index (κ1) is 25.7. The zero-order valence-corrected chi connectivity index (χ0v) is 29.6. The number of rotatable bonds is 5. The fourth-order valence-electron chi connectivity index (χ4n) is 8.43. The molecule has 0 N–H and O–H groups in total. The second-order valence-corrected chi connectivity index (χ2v) is 13.9. The van der Waals surface area contributed by atoms with Gasteiger partial charge in [-0.2, -0.15) is 0 Å². The standard InChI is InChI=1S/C54H34O/c1-3-16-35(17-4-1)38-31-32-48(42-21-8-7-20-41(38)42)52-44-23-9-11-25-46(44)54(47-26-12-10-24-45(47)52)53-39(36-18-5-2-6-19-36)27-15-28-40(53)37-30-33-51-49(34-37)43-22-13-14-29-50(43)55-51/h1-34H/i7D,8D,20D,21D,31D,32D. The van der Waals surface area contributed by atoms with E-state index in [1.807, 2.05) is 97.1 Å². The number of hydrogen-bond acceptors (Lipinski definition) is 1. The molecule has 0 aliphatic carbocycles. The summed E-state index contributed by atoms with van der Waals surface area (Å²) in [7, 11) is 0. The van der Waals surface area contributed by atoms with Gasteiger partial charge in [0.2, 0.25) is 0 Å². The number of fused-ring (bicyclic) bond motifs is 6. The molecule has 1 heteroatoms. The zero-order chi connectivity index (χ0) is 41.5. The van der Waals surface area contributed by atoms with Crippen molar-refractivity contribution in [2.24, 2.45) is 0 Å². The summed E-state index contributed by atoms with van der Waals surface area (Å²) in [5.74, 6) is 0. The molecule has 0 unspecified atom stereocenters. The molecule has 10 aromatic carbocycles. The molecule has 0 aliphatic rings. The van der Waals surface area contributed by atoms with Crippen molar-refractivity contribution < 1.29 is 12.6 Å². The molecule has 0 radical (unpaired) electrons. The van der Waals surface area contributed by atoms with Crippen LogP contribution < -0.4 is 0 Å². The second-order valence-electron chi connectivity index (χ2n) is 13.9. The number of hydrogen-bond donors (Lipinski definition) is 0. The van der Waals surface area contributed by atoms with E-state index in [2.05, 4.69) is 72.8 Å². The van der Waals surface area contributed by atoms with Crippen molar-refractivity contribution >= 4 is 54.3 Å². The summed E-state index contributed by atoms with van der Waals surface area (Å²) < 4.78 is 62.0. The number of benzene rings is 10. The molecule has 0 fully saturated rings. The quantitative estimate of drug-likeness (QED) is 0.163. The van der Waals surface area contributed by atoms with Crippen molar-refractivity contribution in [3.63, 3.8) is 0 Å². The highest BCUT2D eigenvalue weighted by Gasteiger charge is 2.23. The van der Waals surface area contributed by atoms with Crippen molar-refractivity contribution in [1.82, 2.24) is 0 Å². The van der Waals surface area contributed by atoms with Crippen LogP contribution in [0, 0.1) is 0 Å². The summed E-state index contributed by atoms with van der Waals surface area (Å²) in [6.07, 6.45) is 0. The molecule has 0 atom stereocenters. The minimum Gasteiger partial charge on any atom is -0.456 e. The van der Waals surface area contributed by atoms with Crippen LogP contribution in [0.2, 0.25) is 0 Å². The van der Waals surface area contributed by atoms with E-state index in [0.29, 0.717) is 22.3 Å². The van der Waals surface area contributed by atoms with Crippen LogP contribution in [0.4, 0.5) is 0 Å². The Morgan fingerprint density at radius 1 is 0.291 bits per heavy atom. The third-order valence-corrected chi connectivity index (χ3v) is 10.8. The van der Waals surface area contributed by atoms with Gasteiger partial charge in [0.15, 0.2) is 0 Å². The Bertz CT molecular complexity index is 3540. The third kappa shape index (κ3) is 5.01. The van der Waals surface area contributed by atoms with E-state index >= 15 is 0 Å². The van der Waals surface area contributed by atoms with E-state index in [-0.39, 0.29) is 47.0 Å². The fraction of sp³-hybridized carbons (Fsp3) is 0. The molecular formula is C54H34O. The van der Waals surface area contributed by atoms with Crippen molar-refractivity contribution in [3.05, 3.63) is 206 Å². The average molecular weight is 705 g/mol. The molecule has 256 valence electrons. The van der Waals surface area contributed by atoms with Crippen LogP contribution in [-0.2, 0) is 0 Å². The summed E-state index contributed by atoms with van der Waals surface area (Å²) in [6, 6.07) is 55.2. The maximum Gasteiger partial charge on any atom is 0.135 e. The molecule has 0 saturated heterocycles. The molecule has 11 aromatic rings. The number of para-hydroxylation sites is 1. The summed E-state index contributed by atoms with van der Waals surface area (Å²) >= 11 is 0. The van der Waals surface area contributed by atoms with Gasteiger partial charge in [-0.3, -0.25) is 0 Å². The monoisotopic (exact) mass is 704 g/mol. The normalized spacial score (nSPS) is 13.2. The highest BCUT2D eigenvalue weighted by atomic mass is 16.3. The SMILES string of the molecule is [2H]c1c([2H])c([2H])c2c(-c3c4ccccc4c(-c4c(-c5ccccc5)cccc4-c4ccc5oc6ccccc6c5c4)c4ccccc34)c([2H])c([2H])c(-c3ccccc3)c2c1[2H]. The van der Waals surface area contributed by atoms with Gasteiger partial charge in [0.25, 0.3) is 0 Å². The molecule has 0 bridgehead atoms. The first-order chi connectivity index (χ1) is 29.8. The third-order valence-electron chi connectivity index (χ3n) is 10.8. The van der Waals surface area contributed by atoms with Gasteiger partial charge in [-0.25, -0.2) is 0 Å². The summed E-state index contributed by atoms with van der Waals surface area (Å²) in [6.45, 7) is 0. The maximum atomic E-state index is 9.82.